The number of urea groups is 1. The summed E-state index contributed by atoms with van der Waals surface area (Å²) < 4.78 is 16.3. The largest absolute Gasteiger partial charge is 0.489 e. The van der Waals surface area contributed by atoms with E-state index >= 15 is 0 Å². The maximum absolute atomic E-state index is 13.1. The van der Waals surface area contributed by atoms with Crippen LogP contribution in [0.3, 0.4) is 0 Å². The molecule has 2 aliphatic rings. The number of hydrogen-bond donors (Lipinski definition) is 1. The number of imide groups is 2. The van der Waals surface area contributed by atoms with E-state index in [1.807, 2.05) is 0 Å². The van der Waals surface area contributed by atoms with Gasteiger partial charge in [0.05, 0.1) is 5.69 Å². The van der Waals surface area contributed by atoms with Crippen LogP contribution in [0, 0.1) is 0 Å². The fourth-order valence-corrected chi connectivity index (χ4v) is 4.01. The second-order valence-corrected chi connectivity index (χ2v) is 8.43. The number of carbonyl (C=O) groups excluding carboxylic acids is 3. The zero-order chi connectivity index (χ0) is 24.5. The summed E-state index contributed by atoms with van der Waals surface area (Å²) in [6, 6.07) is 15.7. The first kappa shape index (κ1) is 22.8. The second kappa shape index (κ2) is 9.32. The Balaban J connectivity index is 1.33. The number of anilines is 1. The van der Waals surface area contributed by atoms with E-state index in [0.717, 1.165) is 10.5 Å². The molecule has 10 heteroatoms. The van der Waals surface area contributed by atoms with Gasteiger partial charge < -0.3 is 14.2 Å². The number of fused-ring (bicyclic) bond motifs is 1. The molecule has 0 aliphatic carbocycles. The number of nitrogens with zero attached hydrogens (tertiary/aromatic N) is 1. The number of halogens is 2. The average molecular weight is 511 g/mol. The van der Waals surface area contributed by atoms with E-state index < -0.39 is 17.8 Å². The predicted octanol–water partition coefficient (Wildman–Crippen LogP) is 4.97. The summed E-state index contributed by atoms with van der Waals surface area (Å²) in [4.78, 5) is 38.8. The Bertz CT molecular complexity index is 1390. The van der Waals surface area contributed by atoms with E-state index in [0.29, 0.717) is 32.9 Å². The van der Waals surface area contributed by atoms with Gasteiger partial charge in [-0.2, -0.15) is 0 Å². The number of barbiturate groups is 1. The number of hydrogen-bond acceptors (Lipinski definition) is 6. The van der Waals surface area contributed by atoms with Gasteiger partial charge in [-0.25, -0.2) is 9.69 Å². The molecule has 176 valence electrons. The first-order valence-electron chi connectivity index (χ1n) is 10.4. The van der Waals surface area contributed by atoms with Crippen molar-refractivity contribution in [1.29, 1.82) is 0 Å². The molecule has 0 spiro atoms. The van der Waals surface area contributed by atoms with E-state index in [4.69, 9.17) is 37.4 Å². The van der Waals surface area contributed by atoms with Gasteiger partial charge in [0.15, 0.2) is 11.5 Å². The van der Waals surface area contributed by atoms with Crippen LogP contribution >= 0.6 is 23.2 Å². The van der Waals surface area contributed by atoms with Crippen LogP contribution in [0.2, 0.25) is 10.0 Å². The van der Waals surface area contributed by atoms with E-state index in [9.17, 15) is 14.4 Å². The zero-order valence-electron chi connectivity index (χ0n) is 17.9. The first-order chi connectivity index (χ1) is 16.9. The lowest BCUT2D eigenvalue weighted by atomic mass is 10.1. The molecule has 4 amide bonds. The molecule has 3 aromatic rings. The lowest BCUT2D eigenvalue weighted by molar-refractivity contribution is -0.122. The quantitative estimate of drug-likeness (QED) is 0.384. The van der Waals surface area contributed by atoms with Gasteiger partial charge in [-0.3, -0.25) is 14.9 Å². The molecule has 2 heterocycles. The van der Waals surface area contributed by atoms with Gasteiger partial charge in [0.2, 0.25) is 6.79 Å². The number of nitrogens with one attached hydrogen (secondary N) is 1. The Morgan fingerprint density at radius 3 is 2.49 bits per heavy atom. The van der Waals surface area contributed by atoms with Gasteiger partial charge in [-0.15, -0.1) is 0 Å². The van der Waals surface area contributed by atoms with Crippen molar-refractivity contribution in [3.63, 3.8) is 0 Å². The third-order valence-electron chi connectivity index (χ3n) is 5.32. The number of carbonyl (C=O) groups is 3. The molecule has 1 fully saturated rings. The summed E-state index contributed by atoms with van der Waals surface area (Å²) in [5, 5.41) is 3.24. The molecule has 1 N–H and O–H groups in total. The molecular formula is C25H16Cl2N2O6. The van der Waals surface area contributed by atoms with Crippen LogP contribution in [0.25, 0.3) is 6.08 Å². The second-order valence-electron chi connectivity index (χ2n) is 7.59. The number of ether oxygens (including phenoxy) is 3. The smallest absolute Gasteiger partial charge is 0.335 e. The van der Waals surface area contributed by atoms with Crippen molar-refractivity contribution in [3.8, 4) is 17.2 Å². The lowest BCUT2D eigenvalue weighted by Gasteiger charge is -2.26. The molecule has 3 aromatic carbocycles. The maximum Gasteiger partial charge on any atom is 0.335 e. The molecule has 0 bridgehead atoms. The highest BCUT2D eigenvalue weighted by molar-refractivity contribution is 6.39. The Hall–Kier alpha value is -4.01. The highest BCUT2D eigenvalue weighted by Crippen LogP contribution is 2.36. The fourth-order valence-electron chi connectivity index (χ4n) is 3.54. The Labute approximate surface area is 209 Å². The maximum atomic E-state index is 13.1. The standard InChI is InChI=1S/C25H16Cl2N2O6/c26-16-4-3-15(20(27)10-16)12-33-18-6-1-14(2-7-18)9-19-23(30)28-25(32)29(24(19)31)17-5-8-21-22(11-17)35-13-34-21/h1-11H,12-13H2,(H,28,30,32)/b19-9+. The summed E-state index contributed by atoms with van der Waals surface area (Å²) in [6.45, 7) is 0.291. The number of amides is 4. The number of rotatable bonds is 5. The molecule has 8 nitrogen and oxygen atoms in total. The molecule has 0 atom stereocenters. The van der Waals surface area contributed by atoms with E-state index in [1.165, 1.54) is 18.2 Å². The normalized spacial score (nSPS) is 16.0. The summed E-state index contributed by atoms with van der Waals surface area (Å²) in [5.41, 5.74) is 1.41. The summed E-state index contributed by atoms with van der Waals surface area (Å²) in [7, 11) is 0. The van der Waals surface area contributed by atoms with Crippen molar-refractivity contribution in [2.75, 3.05) is 11.7 Å². The summed E-state index contributed by atoms with van der Waals surface area (Å²) in [6.07, 6.45) is 1.41. The third-order valence-corrected chi connectivity index (χ3v) is 5.90. The molecule has 0 radical (unpaired) electrons. The molecule has 0 unspecified atom stereocenters. The average Bonchev–Trinajstić information content (AvgIpc) is 3.30. The monoisotopic (exact) mass is 510 g/mol. The zero-order valence-corrected chi connectivity index (χ0v) is 19.4. The Kier molecular flexibility index (Phi) is 6.07. The van der Waals surface area contributed by atoms with Gasteiger partial charge in [-0.05, 0) is 48.0 Å². The molecule has 0 saturated carbocycles. The van der Waals surface area contributed by atoms with Gasteiger partial charge in [0, 0.05) is 21.7 Å². The van der Waals surface area contributed by atoms with Crippen molar-refractivity contribution < 1.29 is 28.6 Å². The molecule has 0 aromatic heterocycles. The topological polar surface area (TPSA) is 94.2 Å². The fraction of sp³-hybridized carbons (Fsp3) is 0.0800. The van der Waals surface area contributed by atoms with E-state index in [1.54, 1.807) is 48.5 Å². The molecule has 5 rings (SSSR count). The van der Waals surface area contributed by atoms with Crippen molar-refractivity contribution >= 4 is 52.8 Å². The predicted molar refractivity (Wildman–Crippen MR) is 129 cm³/mol. The Morgan fingerprint density at radius 1 is 0.943 bits per heavy atom. The van der Waals surface area contributed by atoms with Crippen molar-refractivity contribution in [2.24, 2.45) is 0 Å². The van der Waals surface area contributed by atoms with Crippen molar-refractivity contribution in [2.45, 2.75) is 6.61 Å². The van der Waals surface area contributed by atoms with Gasteiger partial charge in [0.25, 0.3) is 11.8 Å². The van der Waals surface area contributed by atoms with Crippen LogP contribution in [0.5, 0.6) is 17.2 Å². The van der Waals surface area contributed by atoms with Crippen molar-refractivity contribution in [1.82, 2.24) is 5.32 Å². The molecular weight excluding hydrogens is 495 g/mol. The van der Waals surface area contributed by atoms with Crippen molar-refractivity contribution in [3.05, 3.63) is 87.4 Å². The minimum atomic E-state index is -0.847. The minimum absolute atomic E-state index is 0.0506. The van der Waals surface area contributed by atoms with Crippen LogP contribution in [-0.2, 0) is 16.2 Å². The Morgan fingerprint density at radius 2 is 1.71 bits per heavy atom. The van der Waals surface area contributed by atoms with Crippen LogP contribution < -0.4 is 24.4 Å². The molecule has 1 saturated heterocycles. The van der Waals surface area contributed by atoms with Gasteiger partial charge in [-0.1, -0.05) is 41.4 Å². The lowest BCUT2D eigenvalue weighted by Crippen LogP contribution is -2.54. The van der Waals surface area contributed by atoms with Crippen LogP contribution in [0.4, 0.5) is 10.5 Å². The van der Waals surface area contributed by atoms with Gasteiger partial charge in [0.1, 0.15) is 17.9 Å². The highest BCUT2D eigenvalue weighted by atomic mass is 35.5. The third kappa shape index (κ3) is 4.66. The molecule has 2 aliphatic heterocycles. The highest BCUT2D eigenvalue weighted by Gasteiger charge is 2.37. The van der Waals surface area contributed by atoms with Crippen LogP contribution in [-0.4, -0.2) is 24.6 Å². The number of benzene rings is 3. The summed E-state index contributed by atoms with van der Waals surface area (Å²) >= 11 is 12.1. The molecule has 35 heavy (non-hydrogen) atoms. The van der Waals surface area contributed by atoms with E-state index in [2.05, 4.69) is 5.32 Å². The van der Waals surface area contributed by atoms with E-state index in [-0.39, 0.29) is 24.7 Å². The first-order valence-corrected chi connectivity index (χ1v) is 11.1. The summed E-state index contributed by atoms with van der Waals surface area (Å²) in [5.74, 6) is -0.0631. The van der Waals surface area contributed by atoms with Crippen LogP contribution in [0.15, 0.2) is 66.2 Å². The minimum Gasteiger partial charge on any atom is -0.489 e. The van der Waals surface area contributed by atoms with Gasteiger partial charge >= 0.3 is 6.03 Å². The van der Waals surface area contributed by atoms with Crippen LogP contribution in [0.1, 0.15) is 11.1 Å². The SMILES string of the molecule is O=C1NC(=O)N(c2ccc3c(c2)OCO3)C(=O)/C1=C/c1ccc(OCc2ccc(Cl)cc2Cl)cc1.